The first-order valence-corrected chi connectivity index (χ1v) is 6.27. The standard InChI is InChI=1S/C14H15N3O/c1-17-13-11(9-16-17)5-4-6-12(13)14(15-10-18)7-2-3-8-14/h4-6,9H,2-3,7-8H2,1H3. The van der Waals surface area contributed by atoms with Gasteiger partial charge in [0, 0.05) is 18.0 Å². The van der Waals surface area contributed by atoms with E-state index in [1.807, 2.05) is 30.1 Å². The van der Waals surface area contributed by atoms with E-state index in [-0.39, 0.29) is 5.54 Å². The lowest BCUT2D eigenvalue weighted by molar-refractivity contribution is 0.457. The van der Waals surface area contributed by atoms with Crippen molar-refractivity contribution in [3.05, 3.63) is 30.0 Å². The first kappa shape index (κ1) is 11.2. The molecule has 18 heavy (non-hydrogen) atoms. The summed E-state index contributed by atoms with van der Waals surface area (Å²) in [4.78, 5) is 14.9. The number of aliphatic imine (C=N–C) groups is 1. The number of hydrogen-bond donors (Lipinski definition) is 0. The Balaban J connectivity index is 2.29. The molecule has 4 nitrogen and oxygen atoms in total. The van der Waals surface area contributed by atoms with E-state index >= 15 is 0 Å². The molecule has 1 aromatic carbocycles. The minimum Gasteiger partial charge on any atom is -0.268 e. The molecule has 0 unspecified atom stereocenters. The van der Waals surface area contributed by atoms with Crippen molar-refractivity contribution in [3.8, 4) is 0 Å². The third kappa shape index (κ3) is 1.50. The zero-order chi connectivity index (χ0) is 12.6. The van der Waals surface area contributed by atoms with Crippen molar-refractivity contribution >= 4 is 17.0 Å². The second-order valence-corrected chi connectivity index (χ2v) is 4.95. The van der Waals surface area contributed by atoms with E-state index in [4.69, 9.17) is 0 Å². The molecular formula is C14H15N3O. The van der Waals surface area contributed by atoms with Crippen LogP contribution < -0.4 is 0 Å². The smallest absolute Gasteiger partial charge is 0.235 e. The largest absolute Gasteiger partial charge is 0.268 e. The molecule has 4 heteroatoms. The predicted molar refractivity (Wildman–Crippen MR) is 69.0 cm³/mol. The number of rotatable bonds is 2. The quantitative estimate of drug-likeness (QED) is 0.599. The van der Waals surface area contributed by atoms with Gasteiger partial charge in [0.1, 0.15) is 5.54 Å². The van der Waals surface area contributed by atoms with Crippen LogP contribution in [0.15, 0.2) is 29.4 Å². The van der Waals surface area contributed by atoms with Crippen molar-refractivity contribution in [1.29, 1.82) is 0 Å². The lowest BCUT2D eigenvalue weighted by Crippen LogP contribution is -2.20. The van der Waals surface area contributed by atoms with Gasteiger partial charge in [-0.15, -0.1) is 0 Å². The van der Waals surface area contributed by atoms with Crippen molar-refractivity contribution in [2.75, 3.05) is 0 Å². The number of isocyanates is 1. The van der Waals surface area contributed by atoms with Crippen molar-refractivity contribution in [2.24, 2.45) is 12.0 Å². The Labute approximate surface area is 105 Å². The van der Waals surface area contributed by atoms with Crippen LogP contribution >= 0.6 is 0 Å². The molecule has 1 saturated carbocycles. The molecule has 1 aromatic heterocycles. The van der Waals surface area contributed by atoms with E-state index in [0.29, 0.717) is 0 Å². The minimum absolute atomic E-state index is 0.380. The average molecular weight is 241 g/mol. The highest BCUT2D eigenvalue weighted by Gasteiger charge is 2.37. The van der Waals surface area contributed by atoms with E-state index in [1.54, 1.807) is 6.08 Å². The molecule has 0 N–H and O–H groups in total. The summed E-state index contributed by atoms with van der Waals surface area (Å²) in [5.74, 6) is 0. The molecule has 0 bridgehead atoms. The first-order chi connectivity index (χ1) is 8.77. The molecule has 0 spiro atoms. The Kier molecular flexibility index (Phi) is 2.53. The van der Waals surface area contributed by atoms with Gasteiger partial charge in [-0.1, -0.05) is 31.0 Å². The summed E-state index contributed by atoms with van der Waals surface area (Å²) in [7, 11) is 1.93. The summed E-state index contributed by atoms with van der Waals surface area (Å²) < 4.78 is 1.87. The van der Waals surface area contributed by atoms with Crippen molar-refractivity contribution < 1.29 is 4.79 Å². The van der Waals surface area contributed by atoms with Crippen LogP contribution in [0.5, 0.6) is 0 Å². The minimum atomic E-state index is -0.380. The number of fused-ring (bicyclic) bond motifs is 1. The normalized spacial score (nSPS) is 17.8. The average Bonchev–Trinajstić information content (AvgIpc) is 2.98. The van der Waals surface area contributed by atoms with Crippen LogP contribution in [0, 0.1) is 0 Å². The summed E-state index contributed by atoms with van der Waals surface area (Å²) >= 11 is 0. The molecule has 0 atom stereocenters. The number of benzene rings is 1. The zero-order valence-corrected chi connectivity index (χ0v) is 10.4. The first-order valence-electron chi connectivity index (χ1n) is 6.27. The van der Waals surface area contributed by atoms with Gasteiger partial charge in [0.15, 0.2) is 0 Å². The topological polar surface area (TPSA) is 47.2 Å². The second kappa shape index (κ2) is 4.07. The summed E-state index contributed by atoms with van der Waals surface area (Å²) in [5.41, 5.74) is 1.81. The van der Waals surface area contributed by atoms with Gasteiger partial charge in [0.25, 0.3) is 0 Å². The maximum Gasteiger partial charge on any atom is 0.235 e. The van der Waals surface area contributed by atoms with Gasteiger partial charge in [0.2, 0.25) is 6.08 Å². The summed E-state index contributed by atoms with van der Waals surface area (Å²) in [5, 5.41) is 5.39. The third-order valence-corrected chi connectivity index (χ3v) is 3.95. The third-order valence-electron chi connectivity index (χ3n) is 3.95. The van der Waals surface area contributed by atoms with Crippen LogP contribution in [0.1, 0.15) is 31.2 Å². The van der Waals surface area contributed by atoms with Crippen LogP contribution in [0.3, 0.4) is 0 Å². The highest BCUT2D eigenvalue weighted by atomic mass is 16.1. The summed E-state index contributed by atoms with van der Waals surface area (Å²) in [6, 6.07) is 6.12. The number of para-hydroxylation sites is 1. The number of aromatic nitrogens is 2. The summed E-state index contributed by atoms with van der Waals surface area (Å²) in [6.07, 6.45) is 7.69. The van der Waals surface area contributed by atoms with Crippen molar-refractivity contribution in [2.45, 2.75) is 31.2 Å². The highest BCUT2D eigenvalue weighted by Crippen LogP contribution is 2.44. The molecule has 0 radical (unpaired) electrons. The predicted octanol–water partition coefficient (Wildman–Crippen LogP) is 2.68. The molecule has 0 aliphatic heterocycles. The van der Waals surface area contributed by atoms with E-state index < -0.39 is 0 Å². The Morgan fingerprint density at radius 3 is 2.89 bits per heavy atom. The second-order valence-electron chi connectivity index (χ2n) is 4.95. The molecule has 1 heterocycles. The number of hydrogen-bond acceptors (Lipinski definition) is 3. The molecule has 1 fully saturated rings. The van der Waals surface area contributed by atoms with Gasteiger partial charge in [0.05, 0.1) is 11.7 Å². The fourth-order valence-corrected chi connectivity index (χ4v) is 3.10. The highest BCUT2D eigenvalue weighted by molar-refractivity contribution is 5.83. The molecular weight excluding hydrogens is 226 g/mol. The lowest BCUT2D eigenvalue weighted by atomic mass is 9.87. The van der Waals surface area contributed by atoms with Gasteiger partial charge in [-0.2, -0.15) is 10.1 Å². The molecule has 0 saturated heterocycles. The zero-order valence-electron chi connectivity index (χ0n) is 10.4. The number of nitrogens with zero attached hydrogens (tertiary/aromatic N) is 3. The van der Waals surface area contributed by atoms with E-state index in [0.717, 1.165) is 42.1 Å². The molecule has 1 aliphatic carbocycles. The van der Waals surface area contributed by atoms with E-state index in [9.17, 15) is 4.79 Å². The van der Waals surface area contributed by atoms with Gasteiger partial charge >= 0.3 is 0 Å². The summed E-state index contributed by atoms with van der Waals surface area (Å²) in [6.45, 7) is 0. The van der Waals surface area contributed by atoms with Crippen LogP contribution in [0.4, 0.5) is 0 Å². The van der Waals surface area contributed by atoms with Gasteiger partial charge in [-0.25, -0.2) is 4.79 Å². The molecule has 92 valence electrons. The van der Waals surface area contributed by atoms with Gasteiger partial charge < -0.3 is 0 Å². The maximum absolute atomic E-state index is 10.8. The fourth-order valence-electron chi connectivity index (χ4n) is 3.10. The Bertz CT molecular complexity index is 632. The van der Waals surface area contributed by atoms with Crippen LogP contribution in [0.2, 0.25) is 0 Å². The van der Waals surface area contributed by atoms with Gasteiger partial charge in [-0.3, -0.25) is 4.68 Å². The maximum atomic E-state index is 10.8. The number of aryl methyl sites for hydroxylation is 1. The molecule has 2 aromatic rings. The Morgan fingerprint density at radius 1 is 1.39 bits per heavy atom. The lowest BCUT2D eigenvalue weighted by Gasteiger charge is -2.23. The van der Waals surface area contributed by atoms with Crippen LogP contribution in [0.25, 0.3) is 10.9 Å². The van der Waals surface area contributed by atoms with Gasteiger partial charge in [-0.05, 0) is 12.8 Å². The molecule has 1 aliphatic rings. The Morgan fingerprint density at radius 2 is 2.17 bits per heavy atom. The Hall–Kier alpha value is -1.93. The van der Waals surface area contributed by atoms with Crippen molar-refractivity contribution in [3.63, 3.8) is 0 Å². The van der Waals surface area contributed by atoms with Crippen LogP contribution in [-0.2, 0) is 17.4 Å². The SMILES string of the molecule is Cn1ncc2cccc(C3(N=C=O)CCCC3)c21. The van der Waals surface area contributed by atoms with Crippen LogP contribution in [-0.4, -0.2) is 15.9 Å². The fraction of sp³-hybridized carbons (Fsp3) is 0.429. The molecule has 3 rings (SSSR count). The molecule has 0 amide bonds. The van der Waals surface area contributed by atoms with Crippen molar-refractivity contribution in [1.82, 2.24) is 9.78 Å². The monoisotopic (exact) mass is 241 g/mol. The van der Waals surface area contributed by atoms with E-state index in [1.165, 1.54) is 0 Å². The number of carbonyl (C=O) groups excluding carboxylic acids is 1. The van der Waals surface area contributed by atoms with E-state index in [2.05, 4.69) is 16.2 Å².